The van der Waals surface area contributed by atoms with Gasteiger partial charge in [0.05, 0.1) is 43.2 Å². The molecule has 2 aliphatic heterocycles. The first-order chi connectivity index (χ1) is 16.9. The predicted octanol–water partition coefficient (Wildman–Crippen LogP) is 2.39. The average molecular weight is 474 g/mol. The Morgan fingerprint density at radius 2 is 2.14 bits per heavy atom. The number of fused-ring (bicyclic) bond motifs is 1. The average Bonchev–Trinajstić information content (AvgIpc) is 3.55. The van der Waals surface area contributed by atoms with Gasteiger partial charge in [0.1, 0.15) is 0 Å². The van der Waals surface area contributed by atoms with E-state index in [1.165, 1.54) is 0 Å². The standard InChI is InChI=1S/C27H31N5O3/c1-30-17-28-14-24(30)20-4-3-5-21(12-20)25(16-32-9-8-22(33)15-32)31(2)27(35)11-18-6-7-19-13-26(34)29-23(19)10-18/h3-7,10,12,14,17,22,25,33H,8-9,11,13,15-16H2,1-2H3,(H,29,34)/t22-,25+/m0/s1. The van der Waals surface area contributed by atoms with E-state index in [2.05, 4.69) is 33.4 Å². The van der Waals surface area contributed by atoms with Gasteiger partial charge in [0.15, 0.2) is 0 Å². The molecule has 0 saturated carbocycles. The number of aryl methyl sites for hydroxylation is 1. The molecule has 0 aliphatic carbocycles. The number of rotatable bonds is 7. The number of amides is 2. The van der Waals surface area contributed by atoms with Crippen molar-refractivity contribution < 1.29 is 14.7 Å². The molecule has 3 heterocycles. The monoisotopic (exact) mass is 473 g/mol. The Bertz CT molecular complexity index is 1250. The maximum Gasteiger partial charge on any atom is 0.228 e. The number of imidazole rings is 1. The quantitative estimate of drug-likeness (QED) is 0.550. The number of benzene rings is 2. The molecular weight excluding hydrogens is 442 g/mol. The van der Waals surface area contributed by atoms with Crippen LogP contribution in [-0.2, 0) is 29.5 Å². The van der Waals surface area contributed by atoms with Crippen molar-refractivity contribution in [2.24, 2.45) is 7.05 Å². The van der Waals surface area contributed by atoms with Gasteiger partial charge in [-0.3, -0.25) is 14.5 Å². The number of carbonyl (C=O) groups is 2. The van der Waals surface area contributed by atoms with Crippen molar-refractivity contribution in [3.05, 3.63) is 71.7 Å². The smallest absolute Gasteiger partial charge is 0.228 e. The lowest BCUT2D eigenvalue weighted by Crippen LogP contribution is -2.39. The van der Waals surface area contributed by atoms with Gasteiger partial charge in [-0.1, -0.05) is 30.3 Å². The van der Waals surface area contributed by atoms with Crippen molar-refractivity contribution in [2.45, 2.75) is 31.4 Å². The maximum absolute atomic E-state index is 13.5. The third kappa shape index (κ3) is 4.99. The lowest BCUT2D eigenvalue weighted by Gasteiger charge is -2.32. The summed E-state index contributed by atoms with van der Waals surface area (Å²) in [4.78, 5) is 33.4. The molecule has 182 valence electrons. The first-order valence-electron chi connectivity index (χ1n) is 12.0. The highest BCUT2D eigenvalue weighted by Crippen LogP contribution is 2.29. The van der Waals surface area contributed by atoms with Crippen LogP contribution in [-0.4, -0.2) is 69.1 Å². The largest absolute Gasteiger partial charge is 0.392 e. The molecule has 2 aromatic carbocycles. The Morgan fingerprint density at radius 3 is 2.89 bits per heavy atom. The van der Waals surface area contributed by atoms with E-state index in [9.17, 15) is 14.7 Å². The van der Waals surface area contributed by atoms with Crippen LogP contribution in [0, 0.1) is 0 Å². The van der Waals surface area contributed by atoms with E-state index in [0.29, 0.717) is 19.5 Å². The molecule has 35 heavy (non-hydrogen) atoms. The van der Waals surface area contributed by atoms with Crippen molar-refractivity contribution >= 4 is 17.5 Å². The number of nitrogens with zero attached hydrogens (tertiary/aromatic N) is 4. The second-order valence-electron chi connectivity index (χ2n) is 9.63. The topological polar surface area (TPSA) is 90.7 Å². The molecule has 2 atom stereocenters. The SMILES string of the molecule is CN(C(=O)Cc1ccc2c(c1)NC(=O)C2)[C@H](CN1CC[C@H](O)C1)c1cccc(-c2cncn2C)c1. The van der Waals surface area contributed by atoms with Gasteiger partial charge in [-0.25, -0.2) is 4.98 Å². The molecule has 2 aliphatic rings. The number of nitrogens with one attached hydrogen (secondary N) is 1. The van der Waals surface area contributed by atoms with E-state index in [4.69, 9.17) is 0 Å². The van der Waals surface area contributed by atoms with Crippen molar-refractivity contribution in [1.82, 2.24) is 19.4 Å². The molecule has 2 N–H and O–H groups in total. The summed E-state index contributed by atoms with van der Waals surface area (Å²) in [6.07, 6.45) is 4.69. The number of likely N-dealkylation sites (tertiary alicyclic amines) is 1. The minimum absolute atomic E-state index is 0.00459. The molecule has 8 heteroatoms. The Morgan fingerprint density at radius 1 is 1.29 bits per heavy atom. The highest BCUT2D eigenvalue weighted by molar-refractivity contribution is 5.99. The van der Waals surface area contributed by atoms with Crippen molar-refractivity contribution in [3.8, 4) is 11.3 Å². The lowest BCUT2D eigenvalue weighted by molar-refractivity contribution is -0.131. The van der Waals surface area contributed by atoms with Gasteiger partial charge in [-0.05, 0) is 35.2 Å². The normalized spacial score (nSPS) is 18.4. The Balaban J connectivity index is 1.40. The number of aliphatic hydroxyl groups is 1. The Kier molecular flexibility index (Phi) is 6.40. The number of aromatic nitrogens is 2. The third-order valence-electron chi connectivity index (χ3n) is 7.08. The molecule has 3 aromatic rings. The molecule has 8 nitrogen and oxygen atoms in total. The summed E-state index contributed by atoms with van der Waals surface area (Å²) in [5.74, 6) is -0.00767. The zero-order valence-corrected chi connectivity index (χ0v) is 20.1. The van der Waals surface area contributed by atoms with E-state index < -0.39 is 0 Å². The van der Waals surface area contributed by atoms with Crippen molar-refractivity contribution in [2.75, 3.05) is 32.0 Å². The van der Waals surface area contributed by atoms with Gasteiger partial charge >= 0.3 is 0 Å². The number of likely N-dealkylation sites (N-methyl/N-ethyl adjacent to an activating group) is 1. The van der Waals surface area contributed by atoms with Crippen LogP contribution >= 0.6 is 0 Å². The van der Waals surface area contributed by atoms with Crippen molar-refractivity contribution in [3.63, 3.8) is 0 Å². The molecule has 0 unspecified atom stereocenters. The van der Waals surface area contributed by atoms with Crippen LogP contribution in [0.4, 0.5) is 5.69 Å². The van der Waals surface area contributed by atoms with Gasteiger partial charge in [0.25, 0.3) is 0 Å². The van der Waals surface area contributed by atoms with Gasteiger partial charge < -0.3 is 19.9 Å². The summed E-state index contributed by atoms with van der Waals surface area (Å²) in [6.45, 7) is 2.07. The number of hydrogen-bond donors (Lipinski definition) is 2. The van der Waals surface area contributed by atoms with Crippen LogP contribution in [0.15, 0.2) is 55.0 Å². The zero-order chi connectivity index (χ0) is 24.5. The zero-order valence-electron chi connectivity index (χ0n) is 20.1. The Hall–Kier alpha value is -3.49. The van der Waals surface area contributed by atoms with Crippen LogP contribution in [0.1, 0.15) is 29.2 Å². The summed E-state index contributed by atoms with van der Waals surface area (Å²) in [7, 11) is 3.82. The number of anilines is 1. The van der Waals surface area contributed by atoms with E-state index in [1.54, 1.807) is 6.33 Å². The highest BCUT2D eigenvalue weighted by atomic mass is 16.3. The van der Waals surface area contributed by atoms with Gasteiger partial charge in [0, 0.05) is 45.0 Å². The molecular formula is C27H31N5O3. The summed E-state index contributed by atoms with van der Waals surface area (Å²) in [6, 6.07) is 13.9. The predicted molar refractivity (Wildman–Crippen MR) is 134 cm³/mol. The summed E-state index contributed by atoms with van der Waals surface area (Å²) >= 11 is 0. The third-order valence-corrected chi connectivity index (χ3v) is 7.08. The lowest BCUT2D eigenvalue weighted by atomic mass is 10.00. The molecule has 2 amide bonds. The first kappa shape index (κ1) is 23.3. The Labute approximate surface area is 205 Å². The van der Waals surface area contributed by atoms with Gasteiger partial charge in [0.2, 0.25) is 11.8 Å². The van der Waals surface area contributed by atoms with Crippen LogP contribution in [0.3, 0.4) is 0 Å². The summed E-state index contributed by atoms with van der Waals surface area (Å²) in [5, 5.41) is 12.9. The number of β-amino-alcohol motifs (C(OH)–C–C–N with tert-alkyl or cyclic N) is 1. The van der Waals surface area contributed by atoms with Crippen LogP contribution in [0.5, 0.6) is 0 Å². The number of carbonyl (C=O) groups excluding carboxylic acids is 2. The highest BCUT2D eigenvalue weighted by Gasteiger charge is 2.29. The van der Waals surface area contributed by atoms with Gasteiger partial charge in [-0.15, -0.1) is 0 Å². The first-order valence-corrected chi connectivity index (χ1v) is 12.0. The van der Waals surface area contributed by atoms with Crippen molar-refractivity contribution in [1.29, 1.82) is 0 Å². The van der Waals surface area contributed by atoms with Crippen LogP contribution < -0.4 is 5.32 Å². The van der Waals surface area contributed by atoms with Gasteiger partial charge in [-0.2, -0.15) is 0 Å². The summed E-state index contributed by atoms with van der Waals surface area (Å²) in [5.41, 5.74) is 5.75. The molecule has 0 radical (unpaired) electrons. The maximum atomic E-state index is 13.5. The molecule has 1 saturated heterocycles. The van der Waals surface area contributed by atoms with Crippen LogP contribution in [0.2, 0.25) is 0 Å². The fraction of sp³-hybridized carbons (Fsp3) is 0.370. The minimum atomic E-state index is -0.320. The van der Waals surface area contributed by atoms with E-state index in [1.807, 2.05) is 54.0 Å². The fourth-order valence-electron chi connectivity index (χ4n) is 5.06. The second-order valence-corrected chi connectivity index (χ2v) is 9.63. The number of aliphatic hydroxyl groups excluding tert-OH is 1. The van der Waals surface area contributed by atoms with E-state index in [0.717, 1.165) is 46.6 Å². The number of hydrogen-bond acceptors (Lipinski definition) is 5. The van der Waals surface area contributed by atoms with Crippen LogP contribution in [0.25, 0.3) is 11.3 Å². The molecule has 0 bridgehead atoms. The minimum Gasteiger partial charge on any atom is -0.392 e. The fourth-order valence-corrected chi connectivity index (χ4v) is 5.06. The molecule has 0 spiro atoms. The summed E-state index contributed by atoms with van der Waals surface area (Å²) < 4.78 is 1.98. The molecule has 1 fully saturated rings. The van der Waals surface area contributed by atoms with E-state index >= 15 is 0 Å². The second kappa shape index (κ2) is 9.64. The van der Waals surface area contributed by atoms with E-state index in [-0.39, 0.29) is 30.4 Å². The molecule has 1 aromatic heterocycles. The molecule has 5 rings (SSSR count).